The number of anilines is 1. The molecule has 1 heterocycles. The van der Waals surface area contributed by atoms with Crippen LogP contribution < -0.4 is 10.1 Å². The van der Waals surface area contributed by atoms with Gasteiger partial charge in [0.15, 0.2) is 0 Å². The Morgan fingerprint density at radius 3 is 2.59 bits per heavy atom. The lowest BCUT2D eigenvalue weighted by Gasteiger charge is -2.11. The van der Waals surface area contributed by atoms with E-state index >= 15 is 0 Å². The van der Waals surface area contributed by atoms with Crippen molar-refractivity contribution < 1.29 is 14.1 Å². The fraction of sp³-hybridized carbons (Fsp3) is 0.286. The number of rotatable bonds is 6. The molecule has 2 aromatic rings. The zero-order valence-corrected chi connectivity index (χ0v) is 12.1. The maximum Gasteiger partial charge on any atom is 0.372 e. The smallest absolute Gasteiger partial charge is 0.372 e. The minimum absolute atomic E-state index is 0.0555. The highest BCUT2D eigenvalue weighted by molar-refractivity contribution is 5.61. The summed E-state index contributed by atoms with van der Waals surface area (Å²) in [6, 6.07) is 5.80. The van der Waals surface area contributed by atoms with Crippen LogP contribution in [0.4, 0.5) is 15.9 Å². The molecule has 1 aromatic heterocycles. The van der Waals surface area contributed by atoms with Gasteiger partial charge in [-0.3, -0.25) is 10.1 Å². The van der Waals surface area contributed by atoms with Crippen molar-refractivity contribution in [1.82, 2.24) is 9.97 Å². The third-order valence-corrected chi connectivity index (χ3v) is 2.69. The molecule has 0 unspecified atom stereocenters. The molecule has 8 heteroatoms. The Labute approximate surface area is 126 Å². The Morgan fingerprint density at radius 2 is 2.00 bits per heavy atom. The largest absolute Gasteiger partial charge is 0.470 e. The van der Waals surface area contributed by atoms with E-state index in [0.29, 0.717) is 0 Å². The summed E-state index contributed by atoms with van der Waals surface area (Å²) >= 11 is 0. The van der Waals surface area contributed by atoms with Gasteiger partial charge in [-0.1, -0.05) is 12.1 Å². The average molecular weight is 306 g/mol. The van der Waals surface area contributed by atoms with Gasteiger partial charge in [0.05, 0.1) is 11.0 Å². The molecule has 0 spiro atoms. The normalized spacial score (nSPS) is 10.5. The average Bonchev–Trinajstić information content (AvgIpc) is 2.45. The first-order valence-electron chi connectivity index (χ1n) is 6.61. The predicted octanol–water partition coefficient (Wildman–Crippen LogP) is 2.92. The summed E-state index contributed by atoms with van der Waals surface area (Å²) in [5.74, 6) is -0.374. The second-order valence-corrected chi connectivity index (χ2v) is 4.78. The quantitative estimate of drug-likeness (QED) is 0.652. The van der Waals surface area contributed by atoms with E-state index in [9.17, 15) is 14.5 Å². The van der Waals surface area contributed by atoms with Crippen LogP contribution in [-0.4, -0.2) is 21.0 Å². The van der Waals surface area contributed by atoms with Crippen molar-refractivity contribution in [3.05, 3.63) is 52.1 Å². The van der Waals surface area contributed by atoms with Crippen LogP contribution in [0.1, 0.15) is 19.4 Å². The molecule has 0 fully saturated rings. The molecule has 0 amide bonds. The van der Waals surface area contributed by atoms with E-state index in [-0.39, 0.29) is 35.9 Å². The lowest BCUT2D eigenvalue weighted by molar-refractivity contribution is -0.385. The summed E-state index contributed by atoms with van der Waals surface area (Å²) in [7, 11) is 0. The van der Waals surface area contributed by atoms with Crippen LogP contribution in [0.15, 0.2) is 30.6 Å². The van der Waals surface area contributed by atoms with Crippen molar-refractivity contribution in [1.29, 1.82) is 0 Å². The molecule has 0 aliphatic rings. The first-order valence-corrected chi connectivity index (χ1v) is 6.61. The SMILES string of the molecule is CC(C)Oc1ncnc(NCc2ccc(F)cc2)c1[N+](=O)[O-]. The molecule has 0 atom stereocenters. The molecule has 22 heavy (non-hydrogen) atoms. The number of nitrogens with one attached hydrogen (secondary N) is 1. The van der Waals surface area contributed by atoms with Gasteiger partial charge in [0.1, 0.15) is 12.1 Å². The summed E-state index contributed by atoms with van der Waals surface area (Å²) in [4.78, 5) is 18.3. The Morgan fingerprint density at radius 1 is 1.32 bits per heavy atom. The Bertz CT molecular complexity index is 662. The minimum atomic E-state index is -0.593. The van der Waals surface area contributed by atoms with Crippen molar-refractivity contribution in [2.24, 2.45) is 0 Å². The number of nitro groups is 1. The Balaban J connectivity index is 2.22. The molecule has 1 aromatic carbocycles. The fourth-order valence-corrected chi connectivity index (χ4v) is 1.75. The molecule has 1 N–H and O–H groups in total. The molecular weight excluding hydrogens is 291 g/mol. The number of ether oxygens (including phenoxy) is 1. The highest BCUT2D eigenvalue weighted by atomic mass is 19.1. The number of halogens is 1. The number of hydrogen-bond donors (Lipinski definition) is 1. The van der Waals surface area contributed by atoms with E-state index in [0.717, 1.165) is 5.56 Å². The summed E-state index contributed by atoms with van der Waals surface area (Å²) in [6.07, 6.45) is 0.941. The van der Waals surface area contributed by atoms with Crippen molar-refractivity contribution in [2.75, 3.05) is 5.32 Å². The van der Waals surface area contributed by atoms with Gasteiger partial charge < -0.3 is 10.1 Å². The van der Waals surface area contributed by atoms with Gasteiger partial charge in [-0.15, -0.1) is 0 Å². The molecule has 7 nitrogen and oxygen atoms in total. The highest BCUT2D eigenvalue weighted by Gasteiger charge is 2.24. The molecule has 0 bridgehead atoms. The number of nitrogens with zero attached hydrogens (tertiary/aromatic N) is 3. The molecule has 0 radical (unpaired) electrons. The lowest BCUT2D eigenvalue weighted by Crippen LogP contribution is -2.12. The van der Waals surface area contributed by atoms with Gasteiger partial charge in [0, 0.05) is 6.54 Å². The van der Waals surface area contributed by atoms with E-state index in [1.807, 2.05) is 0 Å². The third kappa shape index (κ3) is 3.87. The predicted molar refractivity (Wildman–Crippen MR) is 78.2 cm³/mol. The number of benzene rings is 1. The highest BCUT2D eigenvalue weighted by Crippen LogP contribution is 2.31. The Kier molecular flexibility index (Phi) is 4.82. The maximum absolute atomic E-state index is 12.8. The topological polar surface area (TPSA) is 90.2 Å². The van der Waals surface area contributed by atoms with Crippen LogP contribution in [0.5, 0.6) is 5.88 Å². The fourth-order valence-electron chi connectivity index (χ4n) is 1.75. The van der Waals surface area contributed by atoms with Gasteiger partial charge in [-0.25, -0.2) is 9.37 Å². The summed E-state index contributed by atoms with van der Waals surface area (Å²) in [5.41, 5.74) is 0.443. The summed E-state index contributed by atoms with van der Waals surface area (Å²) in [5, 5.41) is 14.1. The standard InChI is InChI=1S/C14H15FN4O3/c1-9(2)22-14-12(19(20)21)13(17-8-18-14)16-7-10-3-5-11(15)6-4-10/h3-6,8-9H,7H2,1-2H3,(H,16,17,18). The van der Waals surface area contributed by atoms with Gasteiger partial charge in [0.2, 0.25) is 5.82 Å². The van der Waals surface area contributed by atoms with Crippen LogP contribution >= 0.6 is 0 Å². The van der Waals surface area contributed by atoms with Gasteiger partial charge in [0.25, 0.3) is 5.88 Å². The van der Waals surface area contributed by atoms with E-state index in [2.05, 4.69) is 15.3 Å². The molecule has 0 saturated heterocycles. The van der Waals surface area contributed by atoms with E-state index < -0.39 is 4.92 Å². The molecule has 0 aliphatic carbocycles. The molecule has 116 valence electrons. The van der Waals surface area contributed by atoms with E-state index in [4.69, 9.17) is 4.74 Å². The van der Waals surface area contributed by atoms with Crippen molar-refractivity contribution >= 4 is 11.5 Å². The number of aromatic nitrogens is 2. The van der Waals surface area contributed by atoms with Crippen LogP contribution in [0.3, 0.4) is 0 Å². The molecule has 2 rings (SSSR count). The maximum atomic E-state index is 12.8. The molecular formula is C14H15FN4O3. The number of hydrogen-bond acceptors (Lipinski definition) is 6. The first-order chi connectivity index (χ1) is 10.5. The van der Waals surface area contributed by atoms with Crippen molar-refractivity contribution in [2.45, 2.75) is 26.5 Å². The van der Waals surface area contributed by atoms with Gasteiger partial charge in [-0.2, -0.15) is 4.98 Å². The second-order valence-electron chi connectivity index (χ2n) is 4.78. The molecule has 0 aliphatic heterocycles. The van der Waals surface area contributed by atoms with Gasteiger partial charge >= 0.3 is 5.69 Å². The molecule has 0 saturated carbocycles. The van der Waals surface area contributed by atoms with Crippen LogP contribution in [0.25, 0.3) is 0 Å². The summed E-state index contributed by atoms with van der Waals surface area (Å²) in [6.45, 7) is 3.76. The Hall–Kier alpha value is -2.77. The monoisotopic (exact) mass is 306 g/mol. The van der Waals surface area contributed by atoms with Crippen LogP contribution in [0, 0.1) is 15.9 Å². The zero-order valence-electron chi connectivity index (χ0n) is 12.1. The van der Waals surface area contributed by atoms with Gasteiger partial charge in [-0.05, 0) is 31.5 Å². The third-order valence-electron chi connectivity index (χ3n) is 2.69. The van der Waals surface area contributed by atoms with Crippen LogP contribution in [-0.2, 0) is 6.54 Å². The second kappa shape index (κ2) is 6.79. The van der Waals surface area contributed by atoms with Crippen LogP contribution in [0.2, 0.25) is 0 Å². The minimum Gasteiger partial charge on any atom is -0.470 e. The van der Waals surface area contributed by atoms with Crippen molar-refractivity contribution in [3.63, 3.8) is 0 Å². The zero-order chi connectivity index (χ0) is 16.1. The summed E-state index contributed by atoms with van der Waals surface area (Å²) < 4.78 is 18.2. The van der Waals surface area contributed by atoms with Crippen molar-refractivity contribution in [3.8, 4) is 5.88 Å². The van der Waals surface area contributed by atoms with E-state index in [1.165, 1.54) is 18.5 Å². The lowest BCUT2D eigenvalue weighted by atomic mass is 10.2. The van der Waals surface area contributed by atoms with E-state index in [1.54, 1.807) is 26.0 Å². The first kappa shape index (κ1) is 15.6.